The lowest BCUT2D eigenvalue weighted by Gasteiger charge is -2.08. The molecule has 2 N–H and O–H groups in total. The van der Waals surface area contributed by atoms with Gasteiger partial charge in [0.25, 0.3) is 0 Å². The van der Waals surface area contributed by atoms with Crippen molar-refractivity contribution in [2.45, 2.75) is 40.5 Å². The summed E-state index contributed by atoms with van der Waals surface area (Å²) in [5.74, 6) is -1.60. The summed E-state index contributed by atoms with van der Waals surface area (Å²) in [5, 5.41) is 8.66. The Hall–Kier alpha value is -0.950. The van der Waals surface area contributed by atoms with Gasteiger partial charge in [-0.25, -0.2) is 13.6 Å². The number of hydrogen-bond donors (Lipinski definition) is 3. The highest BCUT2D eigenvalue weighted by atomic mass is 32.2. The number of anilines is 1. The van der Waals surface area contributed by atoms with E-state index in [1.807, 2.05) is 20.8 Å². The minimum absolute atomic E-state index is 0.404. The third kappa shape index (κ3) is 9.15. The van der Waals surface area contributed by atoms with Crippen molar-refractivity contribution in [2.24, 2.45) is 0 Å². The lowest BCUT2D eigenvalue weighted by molar-refractivity contribution is 0.0692. The molecule has 0 spiro atoms. The Kier molecular flexibility index (Phi) is 15.9. The van der Waals surface area contributed by atoms with Gasteiger partial charge in [0.05, 0.1) is 5.56 Å². The molecule has 7 heteroatoms. The number of aromatic carboxylic acids is 1. The molecule has 0 fully saturated rings. The molecule has 22 heavy (non-hydrogen) atoms. The average molecular weight is 354 g/mol. The largest absolute Gasteiger partial charge is 0.478 e. The van der Waals surface area contributed by atoms with Crippen molar-refractivity contribution in [3.63, 3.8) is 0 Å². The van der Waals surface area contributed by atoms with Gasteiger partial charge in [0.15, 0.2) is 5.82 Å². The van der Waals surface area contributed by atoms with E-state index in [1.54, 1.807) is 0 Å². The summed E-state index contributed by atoms with van der Waals surface area (Å²) in [4.78, 5) is 10.6. The second kappa shape index (κ2) is 15.0. The number of hydrogen-bond acceptors (Lipinski definition) is 4. The van der Waals surface area contributed by atoms with Crippen LogP contribution in [0.3, 0.4) is 0 Å². The number of carboxylic acid groups (broad SMARTS) is 1. The molecule has 0 heterocycles. The molecule has 3 nitrogen and oxygen atoms in total. The molecule has 1 aromatic rings. The summed E-state index contributed by atoms with van der Waals surface area (Å²) in [6.45, 7) is 8.03. The summed E-state index contributed by atoms with van der Waals surface area (Å²) in [6, 6.07) is 1.84. The fraction of sp³-hybridized carbons (Fsp3) is 0.533. The third-order valence-electron chi connectivity index (χ3n) is 2.03. The lowest BCUT2D eigenvalue weighted by atomic mass is 10.2. The monoisotopic (exact) mass is 353 g/mol. The van der Waals surface area contributed by atoms with Gasteiger partial charge in [0, 0.05) is 5.75 Å². The molecule has 1 aromatic carbocycles. The van der Waals surface area contributed by atoms with Gasteiger partial charge in [-0.1, -0.05) is 39.6 Å². The van der Waals surface area contributed by atoms with Gasteiger partial charge < -0.3 is 9.83 Å². The van der Waals surface area contributed by atoms with Gasteiger partial charge >= 0.3 is 5.97 Å². The van der Waals surface area contributed by atoms with Crippen LogP contribution in [-0.4, -0.2) is 22.6 Å². The van der Waals surface area contributed by atoms with Crippen molar-refractivity contribution in [3.8, 4) is 0 Å². The molecule has 0 bridgehead atoms. The van der Waals surface area contributed by atoms with Crippen molar-refractivity contribution < 1.29 is 18.7 Å². The summed E-state index contributed by atoms with van der Waals surface area (Å²) in [7, 11) is 0. The SMILES string of the molecule is CC.CCCS.CCCSNc1c(F)ccc(C(=O)O)c1F. The zero-order chi connectivity index (χ0) is 17.5. The summed E-state index contributed by atoms with van der Waals surface area (Å²) in [6.07, 6.45) is 2.03. The van der Waals surface area contributed by atoms with E-state index in [-0.39, 0.29) is 0 Å². The first kappa shape index (κ1) is 23.3. The summed E-state index contributed by atoms with van der Waals surface area (Å²) >= 11 is 5.05. The summed E-state index contributed by atoms with van der Waals surface area (Å²) in [5.41, 5.74) is -0.945. The van der Waals surface area contributed by atoms with E-state index in [1.165, 1.54) is 6.42 Å². The molecular weight excluding hydrogens is 328 g/mol. The van der Waals surface area contributed by atoms with Crippen molar-refractivity contribution in [1.82, 2.24) is 0 Å². The van der Waals surface area contributed by atoms with Crippen LogP contribution in [0.25, 0.3) is 0 Å². The Morgan fingerprint density at radius 1 is 1.27 bits per heavy atom. The van der Waals surface area contributed by atoms with E-state index >= 15 is 0 Å². The molecule has 0 unspecified atom stereocenters. The zero-order valence-corrected chi connectivity index (χ0v) is 15.2. The maximum atomic E-state index is 13.5. The van der Waals surface area contributed by atoms with E-state index in [0.29, 0.717) is 5.75 Å². The first-order valence-electron chi connectivity index (χ1n) is 7.19. The molecule has 0 saturated heterocycles. The second-order valence-electron chi connectivity index (χ2n) is 3.76. The van der Waals surface area contributed by atoms with Crippen LogP contribution in [0.4, 0.5) is 14.5 Å². The molecule has 0 aromatic heterocycles. The van der Waals surface area contributed by atoms with E-state index in [9.17, 15) is 13.6 Å². The Bertz CT molecular complexity index is 430. The van der Waals surface area contributed by atoms with Crippen molar-refractivity contribution in [1.29, 1.82) is 0 Å². The van der Waals surface area contributed by atoms with Crippen LogP contribution in [0.1, 0.15) is 50.9 Å². The summed E-state index contributed by atoms with van der Waals surface area (Å²) < 4.78 is 29.2. The second-order valence-corrected chi connectivity index (χ2v) is 5.11. The number of halogens is 2. The molecule has 1 rings (SSSR count). The molecule has 128 valence electrons. The standard InChI is InChI=1S/C10H11F2NO2S.C3H8S.C2H6/c1-2-5-16-13-9-7(11)4-3-6(8(9)12)10(14)15;1-2-3-4;1-2/h3-4,13H,2,5H2,1H3,(H,14,15);4H,2-3H2,1H3;1-2H3. The maximum Gasteiger partial charge on any atom is 0.338 e. The van der Waals surface area contributed by atoms with E-state index in [4.69, 9.17) is 5.11 Å². The van der Waals surface area contributed by atoms with E-state index < -0.39 is 28.9 Å². The van der Waals surface area contributed by atoms with Crippen LogP contribution < -0.4 is 4.72 Å². The van der Waals surface area contributed by atoms with Crippen LogP contribution >= 0.6 is 24.6 Å². The van der Waals surface area contributed by atoms with Gasteiger partial charge in [-0.15, -0.1) is 0 Å². The normalized spacial score (nSPS) is 9.05. The molecular formula is C15H25F2NO2S2. The topological polar surface area (TPSA) is 49.3 Å². The molecule has 0 aliphatic heterocycles. The van der Waals surface area contributed by atoms with Gasteiger partial charge in [0.1, 0.15) is 11.5 Å². The number of thiol groups is 1. The van der Waals surface area contributed by atoms with Crippen molar-refractivity contribution in [2.75, 3.05) is 16.2 Å². The Morgan fingerprint density at radius 2 is 1.82 bits per heavy atom. The molecule has 0 radical (unpaired) electrons. The maximum absolute atomic E-state index is 13.5. The smallest absolute Gasteiger partial charge is 0.338 e. The predicted octanol–water partition coefficient (Wildman–Crippen LogP) is 5.49. The number of rotatable bonds is 6. The van der Waals surface area contributed by atoms with Crippen LogP contribution in [0, 0.1) is 11.6 Å². The predicted molar refractivity (Wildman–Crippen MR) is 95.2 cm³/mol. The highest BCUT2D eigenvalue weighted by Gasteiger charge is 2.17. The minimum atomic E-state index is -1.42. The third-order valence-corrected chi connectivity index (χ3v) is 3.43. The number of benzene rings is 1. The fourth-order valence-corrected chi connectivity index (χ4v) is 1.67. The number of carboxylic acids is 1. The van der Waals surface area contributed by atoms with E-state index in [2.05, 4.69) is 24.3 Å². The zero-order valence-electron chi connectivity index (χ0n) is 13.4. The number of nitrogens with one attached hydrogen (secondary N) is 1. The van der Waals surface area contributed by atoms with Crippen LogP contribution in [0.5, 0.6) is 0 Å². The quantitative estimate of drug-likeness (QED) is 0.360. The lowest BCUT2D eigenvalue weighted by Crippen LogP contribution is -2.05. The Morgan fingerprint density at radius 3 is 2.23 bits per heavy atom. The van der Waals surface area contributed by atoms with Gasteiger partial charge in [0.2, 0.25) is 0 Å². The highest BCUT2D eigenvalue weighted by Crippen LogP contribution is 2.24. The van der Waals surface area contributed by atoms with Crippen LogP contribution in [0.2, 0.25) is 0 Å². The molecule has 0 aliphatic carbocycles. The van der Waals surface area contributed by atoms with E-state index in [0.717, 1.165) is 36.3 Å². The van der Waals surface area contributed by atoms with Gasteiger partial charge in [-0.05, 0) is 30.7 Å². The minimum Gasteiger partial charge on any atom is -0.478 e. The fourth-order valence-electron chi connectivity index (χ4n) is 1.04. The first-order chi connectivity index (χ1) is 10.5. The average Bonchev–Trinajstić information content (AvgIpc) is 2.52. The van der Waals surface area contributed by atoms with Crippen LogP contribution in [0.15, 0.2) is 12.1 Å². The Balaban J connectivity index is 0. The highest BCUT2D eigenvalue weighted by molar-refractivity contribution is 8.00. The number of carbonyl (C=O) groups is 1. The first-order valence-corrected chi connectivity index (χ1v) is 8.81. The van der Waals surface area contributed by atoms with Crippen LogP contribution in [-0.2, 0) is 0 Å². The molecule has 0 aliphatic rings. The van der Waals surface area contributed by atoms with Gasteiger partial charge in [-0.2, -0.15) is 12.6 Å². The van der Waals surface area contributed by atoms with Gasteiger partial charge in [-0.3, -0.25) is 0 Å². The molecule has 0 atom stereocenters. The van der Waals surface area contributed by atoms with Crippen molar-refractivity contribution >= 4 is 36.2 Å². The molecule has 0 amide bonds. The van der Waals surface area contributed by atoms with Crippen molar-refractivity contribution in [3.05, 3.63) is 29.3 Å². The Labute approximate surface area is 141 Å². The molecule has 0 saturated carbocycles.